The van der Waals surface area contributed by atoms with Crippen molar-refractivity contribution in [1.82, 2.24) is 0 Å². The molecule has 0 saturated carbocycles. The van der Waals surface area contributed by atoms with Gasteiger partial charge in [-0.1, -0.05) is 30.3 Å². The van der Waals surface area contributed by atoms with Crippen LogP contribution in [0.2, 0.25) is 0 Å². The molecule has 3 rings (SSSR count). The van der Waals surface area contributed by atoms with Crippen molar-refractivity contribution in [2.75, 3.05) is 7.11 Å². The summed E-state index contributed by atoms with van der Waals surface area (Å²) in [7, 11) is 1.60. The monoisotopic (exact) mass is 282 g/mol. The highest BCUT2D eigenvalue weighted by Gasteiger charge is 2.24. The number of methoxy groups -OCH3 is 1. The maximum Gasteiger partial charge on any atom is 0.167 e. The molecular formula is C18H18O3. The molecule has 0 radical (unpaired) electrons. The van der Waals surface area contributed by atoms with Crippen LogP contribution in [0.3, 0.4) is 0 Å². The highest BCUT2D eigenvalue weighted by molar-refractivity contribution is 6.01. The third kappa shape index (κ3) is 2.77. The predicted octanol–water partition coefficient (Wildman–Crippen LogP) is 3.79. The lowest BCUT2D eigenvalue weighted by Gasteiger charge is -2.21. The first-order valence-electron chi connectivity index (χ1n) is 7.19. The van der Waals surface area contributed by atoms with Crippen molar-refractivity contribution in [3.05, 3.63) is 59.2 Å². The molecule has 0 heterocycles. The molecule has 0 bridgehead atoms. The summed E-state index contributed by atoms with van der Waals surface area (Å²) in [6.45, 7) is 0.508. The fraction of sp³-hybridized carbons (Fsp3) is 0.278. The second kappa shape index (κ2) is 6.00. The van der Waals surface area contributed by atoms with E-state index in [1.54, 1.807) is 7.11 Å². The lowest BCUT2D eigenvalue weighted by molar-refractivity contribution is 0.0968. The minimum absolute atomic E-state index is 0.151. The van der Waals surface area contributed by atoms with E-state index in [1.807, 2.05) is 42.5 Å². The summed E-state index contributed by atoms with van der Waals surface area (Å²) >= 11 is 0. The molecule has 0 aliphatic heterocycles. The number of hydrogen-bond donors (Lipinski definition) is 0. The Balaban J connectivity index is 1.89. The molecule has 0 saturated heterocycles. The van der Waals surface area contributed by atoms with Gasteiger partial charge < -0.3 is 9.47 Å². The van der Waals surface area contributed by atoms with Crippen LogP contribution in [0.4, 0.5) is 0 Å². The molecule has 0 N–H and O–H groups in total. The Kier molecular flexibility index (Phi) is 3.91. The first-order valence-corrected chi connectivity index (χ1v) is 7.19. The molecule has 3 nitrogen and oxygen atoms in total. The van der Waals surface area contributed by atoms with Crippen LogP contribution in [0, 0.1) is 0 Å². The maximum absolute atomic E-state index is 12.2. The van der Waals surface area contributed by atoms with Gasteiger partial charge in [-0.05, 0) is 30.5 Å². The highest BCUT2D eigenvalue weighted by atomic mass is 16.5. The Labute approximate surface area is 124 Å². The van der Waals surface area contributed by atoms with Crippen molar-refractivity contribution in [3.8, 4) is 11.5 Å². The van der Waals surface area contributed by atoms with Crippen LogP contribution in [-0.4, -0.2) is 12.9 Å². The van der Waals surface area contributed by atoms with Gasteiger partial charge in [0.2, 0.25) is 0 Å². The third-order valence-electron chi connectivity index (χ3n) is 3.80. The molecule has 108 valence electrons. The Morgan fingerprint density at radius 2 is 1.76 bits per heavy atom. The van der Waals surface area contributed by atoms with Crippen molar-refractivity contribution < 1.29 is 14.3 Å². The topological polar surface area (TPSA) is 35.5 Å². The molecule has 2 aromatic rings. The van der Waals surface area contributed by atoms with Gasteiger partial charge in [0.1, 0.15) is 18.1 Å². The van der Waals surface area contributed by atoms with Crippen molar-refractivity contribution in [1.29, 1.82) is 0 Å². The summed E-state index contributed by atoms with van der Waals surface area (Å²) in [4.78, 5) is 12.2. The van der Waals surface area contributed by atoms with Crippen LogP contribution in [0.25, 0.3) is 0 Å². The molecule has 0 fully saturated rings. The Morgan fingerprint density at radius 3 is 2.52 bits per heavy atom. The highest BCUT2D eigenvalue weighted by Crippen LogP contribution is 2.36. The van der Waals surface area contributed by atoms with E-state index in [-0.39, 0.29) is 5.78 Å². The predicted molar refractivity (Wildman–Crippen MR) is 81.0 cm³/mol. The number of ketones is 1. The molecular weight excluding hydrogens is 264 g/mol. The molecule has 2 aromatic carbocycles. The lowest BCUT2D eigenvalue weighted by atomic mass is 9.89. The molecule has 0 unspecified atom stereocenters. The summed E-state index contributed by atoms with van der Waals surface area (Å²) in [6.07, 6.45) is 2.33. The minimum Gasteiger partial charge on any atom is -0.496 e. The summed E-state index contributed by atoms with van der Waals surface area (Å²) in [5.74, 6) is 1.60. The van der Waals surface area contributed by atoms with Gasteiger partial charge in [-0.3, -0.25) is 4.79 Å². The van der Waals surface area contributed by atoms with Gasteiger partial charge in [0.25, 0.3) is 0 Å². The van der Waals surface area contributed by atoms with Gasteiger partial charge in [-0.25, -0.2) is 0 Å². The number of Topliss-reactive ketones (excluding diaryl/α,β-unsaturated/α-hetero) is 1. The molecule has 0 atom stereocenters. The van der Waals surface area contributed by atoms with E-state index in [4.69, 9.17) is 9.47 Å². The van der Waals surface area contributed by atoms with E-state index in [1.165, 1.54) is 0 Å². The van der Waals surface area contributed by atoms with Gasteiger partial charge in [0, 0.05) is 12.0 Å². The number of hydrogen-bond acceptors (Lipinski definition) is 3. The average Bonchev–Trinajstić information content (AvgIpc) is 2.54. The largest absolute Gasteiger partial charge is 0.496 e. The number of rotatable bonds is 4. The molecule has 0 amide bonds. The second-order valence-electron chi connectivity index (χ2n) is 5.17. The summed E-state index contributed by atoms with van der Waals surface area (Å²) in [6, 6.07) is 13.7. The number of carbonyl (C=O) groups is 1. The van der Waals surface area contributed by atoms with Gasteiger partial charge in [-0.2, -0.15) is 0 Å². The van der Waals surface area contributed by atoms with Crippen LogP contribution in [0.1, 0.15) is 34.3 Å². The molecule has 21 heavy (non-hydrogen) atoms. The SMILES string of the molecule is COc1ccc(OCc2ccccc2)c2c1C(=O)CCC2. The Hall–Kier alpha value is -2.29. The van der Waals surface area contributed by atoms with Crippen LogP contribution < -0.4 is 9.47 Å². The van der Waals surface area contributed by atoms with E-state index in [0.717, 1.165) is 29.7 Å². The number of fused-ring (bicyclic) bond motifs is 1. The normalized spacial score (nSPS) is 13.7. The van der Waals surface area contributed by atoms with Crippen LogP contribution in [0.5, 0.6) is 11.5 Å². The fourth-order valence-corrected chi connectivity index (χ4v) is 2.75. The van der Waals surface area contributed by atoms with Crippen LogP contribution in [-0.2, 0) is 13.0 Å². The van der Waals surface area contributed by atoms with Gasteiger partial charge in [0.15, 0.2) is 5.78 Å². The van der Waals surface area contributed by atoms with E-state index in [2.05, 4.69) is 0 Å². The Morgan fingerprint density at radius 1 is 1.00 bits per heavy atom. The minimum atomic E-state index is 0.151. The third-order valence-corrected chi connectivity index (χ3v) is 3.80. The Bertz CT molecular complexity index is 647. The van der Waals surface area contributed by atoms with Crippen molar-refractivity contribution in [2.45, 2.75) is 25.9 Å². The zero-order valence-electron chi connectivity index (χ0n) is 12.1. The first kappa shape index (κ1) is 13.7. The molecule has 0 aromatic heterocycles. The zero-order valence-corrected chi connectivity index (χ0v) is 12.1. The summed E-state index contributed by atoms with van der Waals surface area (Å²) in [5, 5.41) is 0. The van der Waals surface area contributed by atoms with E-state index < -0.39 is 0 Å². The van der Waals surface area contributed by atoms with E-state index >= 15 is 0 Å². The second-order valence-corrected chi connectivity index (χ2v) is 5.17. The number of ether oxygens (including phenoxy) is 2. The lowest BCUT2D eigenvalue weighted by Crippen LogP contribution is -2.14. The van der Waals surface area contributed by atoms with Gasteiger partial charge in [0.05, 0.1) is 12.7 Å². The van der Waals surface area contributed by atoms with Gasteiger partial charge >= 0.3 is 0 Å². The van der Waals surface area contributed by atoms with Gasteiger partial charge in [-0.15, -0.1) is 0 Å². The van der Waals surface area contributed by atoms with Crippen molar-refractivity contribution in [3.63, 3.8) is 0 Å². The van der Waals surface area contributed by atoms with Crippen LogP contribution in [0.15, 0.2) is 42.5 Å². The van der Waals surface area contributed by atoms with E-state index in [0.29, 0.717) is 24.3 Å². The standard InChI is InChI=1S/C18H18O3/c1-20-17-11-10-16(14-8-5-9-15(19)18(14)17)21-12-13-6-3-2-4-7-13/h2-4,6-7,10-11H,5,8-9,12H2,1H3. The molecule has 0 spiro atoms. The van der Waals surface area contributed by atoms with Crippen LogP contribution >= 0.6 is 0 Å². The number of carbonyl (C=O) groups excluding carboxylic acids is 1. The number of benzene rings is 2. The van der Waals surface area contributed by atoms with E-state index in [9.17, 15) is 4.79 Å². The van der Waals surface area contributed by atoms with Crippen molar-refractivity contribution in [2.24, 2.45) is 0 Å². The zero-order chi connectivity index (χ0) is 14.7. The van der Waals surface area contributed by atoms with Crippen molar-refractivity contribution >= 4 is 5.78 Å². The quantitative estimate of drug-likeness (QED) is 0.855. The average molecular weight is 282 g/mol. The molecule has 1 aliphatic carbocycles. The summed E-state index contributed by atoms with van der Waals surface area (Å²) in [5.41, 5.74) is 2.81. The summed E-state index contributed by atoms with van der Waals surface area (Å²) < 4.78 is 11.3. The smallest absolute Gasteiger partial charge is 0.167 e. The first-order chi connectivity index (χ1) is 10.3. The molecule has 1 aliphatic rings. The fourth-order valence-electron chi connectivity index (χ4n) is 2.75. The maximum atomic E-state index is 12.2. The molecule has 3 heteroatoms.